The van der Waals surface area contributed by atoms with Crippen LogP contribution in [0.15, 0.2) is 47.8 Å². The summed E-state index contributed by atoms with van der Waals surface area (Å²) in [4.78, 5) is 6.66. The molecule has 8 nitrogen and oxygen atoms in total. The Labute approximate surface area is 195 Å². The molecule has 0 amide bonds. The van der Waals surface area contributed by atoms with Crippen molar-refractivity contribution in [2.24, 2.45) is 7.05 Å². The zero-order valence-electron chi connectivity index (χ0n) is 17.3. The van der Waals surface area contributed by atoms with E-state index in [0.717, 1.165) is 12.1 Å². The van der Waals surface area contributed by atoms with Crippen molar-refractivity contribution in [2.75, 3.05) is 0 Å². The average Bonchev–Trinajstić information content (AvgIpc) is 3.51. The Morgan fingerprint density at radius 3 is 2.59 bits per heavy atom. The fourth-order valence-electron chi connectivity index (χ4n) is 3.71. The predicted molar refractivity (Wildman–Crippen MR) is 118 cm³/mol. The lowest BCUT2D eigenvalue weighted by molar-refractivity contribution is 0.570. The molecule has 0 aliphatic heterocycles. The Hall–Kier alpha value is -3.64. The van der Waals surface area contributed by atoms with E-state index in [0.29, 0.717) is 16.9 Å². The number of aryl methyl sites for hydroxylation is 1. The van der Waals surface area contributed by atoms with Crippen LogP contribution in [0.1, 0.15) is 5.56 Å². The molecule has 3 heterocycles. The SMILES string of the molecule is Cn1cc(S(=O)(=O)Cc2ccc(F)c(-c3ccc4c(-c5ncc[nH]5)[nH]nc4c3F)c2F)c(Cl)n1. The number of rotatable bonds is 5. The molecule has 0 aliphatic rings. The van der Waals surface area contributed by atoms with E-state index in [1.54, 1.807) is 6.20 Å². The van der Waals surface area contributed by atoms with Crippen molar-refractivity contribution >= 4 is 32.3 Å². The highest BCUT2D eigenvalue weighted by Gasteiger charge is 2.27. The number of hydrogen-bond acceptors (Lipinski definition) is 5. The first-order chi connectivity index (χ1) is 16.2. The van der Waals surface area contributed by atoms with Gasteiger partial charge < -0.3 is 4.98 Å². The highest BCUT2D eigenvalue weighted by Crippen LogP contribution is 2.36. The van der Waals surface area contributed by atoms with Gasteiger partial charge in [0.1, 0.15) is 27.7 Å². The number of fused-ring (bicyclic) bond motifs is 1. The van der Waals surface area contributed by atoms with Gasteiger partial charge in [-0.25, -0.2) is 26.6 Å². The molecule has 0 atom stereocenters. The van der Waals surface area contributed by atoms with Gasteiger partial charge in [-0.15, -0.1) is 0 Å². The highest BCUT2D eigenvalue weighted by atomic mass is 35.5. The van der Waals surface area contributed by atoms with Gasteiger partial charge in [0.05, 0.1) is 11.3 Å². The molecule has 5 aromatic rings. The number of aromatic nitrogens is 6. The van der Waals surface area contributed by atoms with Crippen LogP contribution < -0.4 is 0 Å². The molecule has 174 valence electrons. The van der Waals surface area contributed by atoms with Crippen LogP contribution in [0.4, 0.5) is 13.2 Å². The minimum Gasteiger partial charge on any atom is -0.343 e. The molecule has 0 fully saturated rings. The van der Waals surface area contributed by atoms with Crippen molar-refractivity contribution in [3.63, 3.8) is 0 Å². The lowest BCUT2D eigenvalue weighted by Crippen LogP contribution is -2.08. The van der Waals surface area contributed by atoms with Crippen LogP contribution in [0.5, 0.6) is 0 Å². The zero-order chi connectivity index (χ0) is 24.2. The normalized spacial score (nSPS) is 12.0. The molecule has 2 aromatic carbocycles. The molecule has 0 saturated carbocycles. The number of benzene rings is 2. The van der Waals surface area contributed by atoms with E-state index < -0.39 is 44.2 Å². The van der Waals surface area contributed by atoms with Crippen LogP contribution >= 0.6 is 11.6 Å². The van der Waals surface area contributed by atoms with Crippen LogP contribution in [-0.2, 0) is 22.6 Å². The summed E-state index contributed by atoms with van der Waals surface area (Å²) in [5.74, 6) is -3.65. The lowest BCUT2D eigenvalue weighted by Gasteiger charge is -2.11. The Morgan fingerprint density at radius 1 is 1.12 bits per heavy atom. The summed E-state index contributed by atoms with van der Waals surface area (Å²) in [5.41, 5.74) is -1.21. The van der Waals surface area contributed by atoms with E-state index >= 15 is 8.78 Å². The number of sulfone groups is 1. The van der Waals surface area contributed by atoms with Gasteiger partial charge >= 0.3 is 0 Å². The maximum Gasteiger partial charge on any atom is 0.187 e. The molecule has 2 N–H and O–H groups in total. The molecule has 34 heavy (non-hydrogen) atoms. The maximum absolute atomic E-state index is 15.4. The summed E-state index contributed by atoms with van der Waals surface area (Å²) < 4.78 is 72.3. The van der Waals surface area contributed by atoms with Crippen LogP contribution in [0.2, 0.25) is 5.15 Å². The quantitative estimate of drug-likeness (QED) is 0.367. The van der Waals surface area contributed by atoms with Crippen LogP contribution in [0.3, 0.4) is 0 Å². The van der Waals surface area contributed by atoms with E-state index in [1.807, 2.05) is 0 Å². The number of hydrogen-bond donors (Lipinski definition) is 2. The monoisotopic (exact) mass is 506 g/mol. The smallest absolute Gasteiger partial charge is 0.187 e. The second kappa shape index (κ2) is 7.99. The second-order valence-electron chi connectivity index (χ2n) is 7.47. The predicted octanol–water partition coefficient (Wildman–Crippen LogP) is 4.40. The number of halogens is 4. The van der Waals surface area contributed by atoms with E-state index in [4.69, 9.17) is 11.6 Å². The van der Waals surface area contributed by atoms with Crippen molar-refractivity contribution in [1.29, 1.82) is 0 Å². The summed E-state index contributed by atoms with van der Waals surface area (Å²) in [6.45, 7) is 0. The van der Waals surface area contributed by atoms with E-state index in [9.17, 15) is 12.8 Å². The largest absolute Gasteiger partial charge is 0.343 e. The van der Waals surface area contributed by atoms with Crippen LogP contribution in [-0.4, -0.2) is 38.4 Å². The van der Waals surface area contributed by atoms with E-state index in [2.05, 4.69) is 25.3 Å². The van der Waals surface area contributed by atoms with Gasteiger partial charge in [0.15, 0.2) is 26.6 Å². The molecule has 0 bridgehead atoms. The summed E-state index contributed by atoms with van der Waals surface area (Å²) in [6.07, 6.45) is 4.27. The number of nitrogens with zero attached hydrogens (tertiary/aromatic N) is 4. The molecular formula is C21H14ClF3N6O2S. The summed E-state index contributed by atoms with van der Waals surface area (Å²) in [7, 11) is -2.64. The average molecular weight is 507 g/mol. The lowest BCUT2D eigenvalue weighted by atomic mass is 9.99. The van der Waals surface area contributed by atoms with Crippen molar-refractivity contribution in [3.8, 4) is 22.6 Å². The van der Waals surface area contributed by atoms with Crippen LogP contribution in [0, 0.1) is 17.5 Å². The van der Waals surface area contributed by atoms with Gasteiger partial charge in [-0.1, -0.05) is 23.7 Å². The first kappa shape index (κ1) is 22.2. The zero-order valence-corrected chi connectivity index (χ0v) is 18.8. The van der Waals surface area contributed by atoms with Crippen molar-refractivity contribution < 1.29 is 21.6 Å². The summed E-state index contributed by atoms with van der Waals surface area (Å²) >= 11 is 5.87. The molecule has 0 radical (unpaired) electrons. The van der Waals surface area contributed by atoms with Gasteiger partial charge in [-0.05, 0) is 12.1 Å². The molecule has 3 aromatic heterocycles. The number of H-pyrrole nitrogens is 2. The number of nitrogens with one attached hydrogen (secondary N) is 2. The molecule has 5 rings (SSSR count). The molecule has 0 saturated heterocycles. The van der Waals surface area contributed by atoms with E-state index in [-0.39, 0.29) is 21.1 Å². The molecular weight excluding hydrogens is 493 g/mol. The first-order valence-electron chi connectivity index (χ1n) is 9.73. The molecule has 0 aliphatic carbocycles. The third kappa shape index (κ3) is 3.55. The third-order valence-corrected chi connectivity index (χ3v) is 7.33. The van der Waals surface area contributed by atoms with Gasteiger partial charge in [0, 0.05) is 42.2 Å². The fraction of sp³-hybridized carbons (Fsp3) is 0.0952. The van der Waals surface area contributed by atoms with Gasteiger partial charge in [0.25, 0.3) is 0 Å². The maximum atomic E-state index is 15.4. The first-order valence-corrected chi connectivity index (χ1v) is 11.8. The second-order valence-corrected chi connectivity index (χ2v) is 9.79. The molecule has 13 heteroatoms. The van der Waals surface area contributed by atoms with E-state index in [1.165, 1.54) is 36.3 Å². The number of aromatic amines is 2. The molecule has 0 spiro atoms. The van der Waals surface area contributed by atoms with Crippen molar-refractivity contribution in [2.45, 2.75) is 10.6 Å². The number of imidazole rings is 1. The van der Waals surface area contributed by atoms with Crippen LogP contribution in [0.25, 0.3) is 33.5 Å². The summed E-state index contributed by atoms with van der Waals surface area (Å²) in [6, 6.07) is 4.54. The van der Waals surface area contributed by atoms with Crippen molar-refractivity contribution in [1.82, 2.24) is 29.9 Å². The Bertz CT molecular complexity index is 1660. The fourth-order valence-corrected chi connectivity index (χ4v) is 5.63. The summed E-state index contributed by atoms with van der Waals surface area (Å²) in [5, 5.41) is 10.4. The Balaban J connectivity index is 1.61. The molecule has 0 unspecified atom stereocenters. The van der Waals surface area contributed by atoms with Gasteiger partial charge in [-0.2, -0.15) is 10.2 Å². The minimum absolute atomic E-state index is 0.150. The highest BCUT2D eigenvalue weighted by molar-refractivity contribution is 7.90. The minimum atomic E-state index is -4.12. The standard InChI is InChI=1S/C21H14ClF3N6O2S/c1-31-8-14(20(22)30-31)34(32,33)9-10-2-5-13(23)15(16(10)24)11-3-4-12-18(17(11)25)28-29-19(12)21-26-6-7-27-21/h2-8H,9H2,1H3,(H,26,27)(H,28,29). The topological polar surface area (TPSA) is 109 Å². The third-order valence-electron chi connectivity index (χ3n) is 5.27. The van der Waals surface area contributed by atoms with Crippen molar-refractivity contribution in [3.05, 3.63) is 71.0 Å². The van der Waals surface area contributed by atoms with Gasteiger partial charge in [-0.3, -0.25) is 9.78 Å². The Morgan fingerprint density at radius 2 is 1.91 bits per heavy atom. The van der Waals surface area contributed by atoms with Gasteiger partial charge in [0.2, 0.25) is 0 Å². The Kier molecular flexibility index (Phi) is 5.21.